The number of rotatable bonds is 6. The molecule has 0 fully saturated rings. The summed E-state index contributed by atoms with van der Waals surface area (Å²) < 4.78 is 30.3. The quantitative estimate of drug-likeness (QED) is 0.785. The molecule has 6 nitrogen and oxygen atoms in total. The minimum absolute atomic E-state index is 0.0978. The molecule has 1 aromatic carbocycles. The van der Waals surface area contributed by atoms with Crippen LogP contribution < -0.4 is 4.74 Å². The molecule has 0 aromatic heterocycles. The van der Waals surface area contributed by atoms with Gasteiger partial charge in [-0.1, -0.05) is 5.92 Å². The average molecular weight is 297 g/mol. The number of benzene rings is 1. The highest BCUT2D eigenvalue weighted by Crippen LogP contribution is 2.18. The Labute approximate surface area is 118 Å². The molecule has 0 unspecified atom stereocenters. The molecule has 1 aromatic rings. The van der Waals surface area contributed by atoms with Crippen molar-refractivity contribution < 1.29 is 23.1 Å². The number of ether oxygens (including phenoxy) is 1. The minimum Gasteiger partial charge on any atom is -0.482 e. The van der Waals surface area contributed by atoms with E-state index in [-0.39, 0.29) is 11.4 Å². The molecular weight excluding hydrogens is 282 g/mol. The van der Waals surface area contributed by atoms with Crippen molar-refractivity contribution in [3.8, 4) is 17.6 Å². The Morgan fingerprint density at radius 1 is 1.35 bits per heavy atom. The van der Waals surface area contributed by atoms with Crippen molar-refractivity contribution in [2.75, 3.05) is 20.2 Å². The molecule has 0 amide bonds. The fourth-order valence-electron chi connectivity index (χ4n) is 1.31. The fraction of sp³-hybridized carbons (Fsp3) is 0.308. The molecule has 1 rings (SSSR count). The normalized spacial score (nSPS) is 10.8. The summed E-state index contributed by atoms with van der Waals surface area (Å²) in [6.45, 7) is 1.27. The predicted molar refractivity (Wildman–Crippen MR) is 72.8 cm³/mol. The van der Waals surface area contributed by atoms with Crippen molar-refractivity contribution >= 4 is 16.0 Å². The van der Waals surface area contributed by atoms with Crippen LogP contribution in [0.25, 0.3) is 0 Å². The molecule has 20 heavy (non-hydrogen) atoms. The molecule has 1 N–H and O–H groups in total. The van der Waals surface area contributed by atoms with Gasteiger partial charge in [-0.25, -0.2) is 13.2 Å². The molecule has 0 saturated heterocycles. The second kappa shape index (κ2) is 6.93. The van der Waals surface area contributed by atoms with Crippen LogP contribution in [0, 0.1) is 11.8 Å². The third-order valence-electron chi connectivity index (χ3n) is 2.37. The molecule has 0 atom stereocenters. The molecule has 108 valence electrons. The zero-order chi connectivity index (χ0) is 15.2. The van der Waals surface area contributed by atoms with E-state index in [0.717, 1.165) is 4.31 Å². The standard InChI is InChI=1S/C13H15NO5S/c1-3-4-9-14(2)20(17,18)12-7-5-11(6-8-12)19-10-13(15)16/h5-8H,9-10H2,1-2H3,(H,15,16). The molecule has 0 bridgehead atoms. The van der Waals surface area contributed by atoms with E-state index >= 15 is 0 Å². The second-order valence-corrected chi connectivity index (χ2v) is 5.89. The number of sulfonamides is 1. The van der Waals surface area contributed by atoms with E-state index in [4.69, 9.17) is 9.84 Å². The lowest BCUT2D eigenvalue weighted by molar-refractivity contribution is -0.139. The van der Waals surface area contributed by atoms with E-state index in [1.807, 2.05) is 0 Å². The Morgan fingerprint density at radius 2 is 1.95 bits per heavy atom. The van der Waals surface area contributed by atoms with Crippen molar-refractivity contribution in [2.24, 2.45) is 0 Å². The number of hydrogen-bond acceptors (Lipinski definition) is 4. The zero-order valence-corrected chi connectivity index (χ0v) is 12.0. The smallest absolute Gasteiger partial charge is 0.341 e. The van der Waals surface area contributed by atoms with Gasteiger partial charge in [0.1, 0.15) is 5.75 Å². The number of carbonyl (C=O) groups is 1. The molecule has 0 aliphatic heterocycles. The van der Waals surface area contributed by atoms with Gasteiger partial charge in [-0.15, -0.1) is 5.92 Å². The Balaban J connectivity index is 2.85. The van der Waals surface area contributed by atoms with E-state index in [1.54, 1.807) is 6.92 Å². The summed E-state index contributed by atoms with van der Waals surface area (Å²) in [4.78, 5) is 10.4. The SMILES string of the molecule is CC#CCN(C)S(=O)(=O)c1ccc(OCC(=O)O)cc1. The fourth-order valence-corrected chi connectivity index (χ4v) is 2.38. The molecule has 7 heteroatoms. The Bertz CT molecular complexity index is 625. The van der Waals surface area contributed by atoms with Gasteiger partial charge in [-0.3, -0.25) is 0 Å². The van der Waals surface area contributed by atoms with Crippen LogP contribution in [0.3, 0.4) is 0 Å². The highest BCUT2D eigenvalue weighted by Gasteiger charge is 2.19. The van der Waals surface area contributed by atoms with Gasteiger partial charge in [0, 0.05) is 7.05 Å². The van der Waals surface area contributed by atoms with Gasteiger partial charge < -0.3 is 9.84 Å². The lowest BCUT2D eigenvalue weighted by Crippen LogP contribution is -2.27. The third kappa shape index (κ3) is 4.26. The number of carboxylic acids is 1. The first-order valence-corrected chi connectivity index (χ1v) is 7.12. The lowest BCUT2D eigenvalue weighted by atomic mass is 10.3. The monoisotopic (exact) mass is 297 g/mol. The minimum atomic E-state index is -3.60. The number of hydrogen-bond donors (Lipinski definition) is 1. The van der Waals surface area contributed by atoms with Crippen LogP contribution in [-0.2, 0) is 14.8 Å². The number of nitrogens with zero attached hydrogens (tertiary/aromatic N) is 1. The van der Waals surface area contributed by atoms with Gasteiger partial charge in [0.2, 0.25) is 10.0 Å². The summed E-state index contributed by atoms with van der Waals surface area (Å²) in [5.74, 6) is 4.50. The van der Waals surface area contributed by atoms with Crippen molar-refractivity contribution in [1.29, 1.82) is 0 Å². The Morgan fingerprint density at radius 3 is 2.45 bits per heavy atom. The van der Waals surface area contributed by atoms with E-state index in [0.29, 0.717) is 5.75 Å². The number of carboxylic acid groups (broad SMARTS) is 1. The van der Waals surface area contributed by atoms with Crippen molar-refractivity contribution in [3.63, 3.8) is 0 Å². The summed E-state index contributed by atoms with van der Waals surface area (Å²) in [6.07, 6.45) is 0. The van der Waals surface area contributed by atoms with Crippen molar-refractivity contribution in [3.05, 3.63) is 24.3 Å². The lowest BCUT2D eigenvalue weighted by Gasteiger charge is -2.14. The van der Waals surface area contributed by atoms with E-state index in [9.17, 15) is 13.2 Å². The van der Waals surface area contributed by atoms with E-state index < -0.39 is 22.6 Å². The maximum absolute atomic E-state index is 12.1. The number of aliphatic carboxylic acids is 1. The van der Waals surface area contributed by atoms with Crippen LogP contribution in [-0.4, -0.2) is 44.0 Å². The van der Waals surface area contributed by atoms with Gasteiger partial charge >= 0.3 is 5.97 Å². The highest BCUT2D eigenvalue weighted by molar-refractivity contribution is 7.89. The molecule has 0 saturated carbocycles. The summed E-state index contributed by atoms with van der Waals surface area (Å²) >= 11 is 0. The highest BCUT2D eigenvalue weighted by atomic mass is 32.2. The van der Waals surface area contributed by atoms with Crippen LogP contribution in [0.15, 0.2) is 29.2 Å². The first-order valence-electron chi connectivity index (χ1n) is 5.68. The Hall–Kier alpha value is -2.04. The Kier molecular flexibility index (Phi) is 5.55. The summed E-state index contributed by atoms with van der Waals surface area (Å²) in [5.41, 5.74) is 0. The first kappa shape index (κ1) is 16.0. The maximum Gasteiger partial charge on any atom is 0.341 e. The van der Waals surface area contributed by atoms with Crippen LogP contribution in [0.2, 0.25) is 0 Å². The van der Waals surface area contributed by atoms with Gasteiger partial charge in [0.15, 0.2) is 6.61 Å². The van der Waals surface area contributed by atoms with Crippen molar-refractivity contribution in [2.45, 2.75) is 11.8 Å². The van der Waals surface area contributed by atoms with E-state index in [1.165, 1.54) is 31.3 Å². The summed E-state index contributed by atoms with van der Waals surface area (Å²) in [6, 6.07) is 5.55. The molecule has 0 aliphatic carbocycles. The topological polar surface area (TPSA) is 83.9 Å². The molecule has 0 heterocycles. The maximum atomic E-state index is 12.1. The van der Waals surface area contributed by atoms with Gasteiger partial charge in [-0.05, 0) is 31.2 Å². The van der Waals surface area contributed by atoms with Crippen LogP contribution >= 0.6 is 0 Å². The van der Waals surface area contributed by atoms with Gasteiger partial charge in [0.05, 0.1) is 11.4 Å². The van der Waals surface area contributed by atoms with Crippen LogP contribution in [0.5, 0.6) is 5.75 Å². The largest absolute Gasteiger partial charge is 0.482 e. The second-order valence-electron chi connectivity index (χ2n) is 3.84. The first-order chi connectivity index (χ1) is 9.37. The molecular formula is C13H15NO5S. The summed E-state index contributed by atoms with van der Waals surface area (Å²) in [5, 5.41) is 8.47. The molecule has 0 spiro atoms. The van der Waals surface area contributed by atoms with Gasteiger partial charge in [-0.2, -0.15) is 4.31 Å². The molecule has 0 radical (unpaired) electrons. The third-order valence-corrected chi connectivity index (χ3v) is 4.19. The van der Waals surface area contributed by atoms with Crippen LogP contribution in [0.4, 0.5) is 0 Å². The predicted octanol–water partition coefficient (Wildman–Crippen LogP) is 0.794. The average Bonchev–Trinajstić information content (AvgIpc) is 2.42. The molecule has 0 aliphatic rings. The van der Waals surface area contributed by atoms with E-state index in [2.05, 4.69) is 11.8 Å². The van der Waals surface area contributed by atoms with Crippen LogP contribution in [0.1, 0.15) is 6.92 Å². The van der Waals surface area contributed by atoms with Gasteiger partial charge in [0.25, 0.3) is 0 Å². The zero-order valence-electron chi connectivity index (χ0n) is 11.2. The summed E-state index contributed by atoms with van der Waals surface area (Å²) in [7, 11) is -2.16. The van der Waals surface area contributed by atoms with Crippen molar-refractivity contribution in [1.82, 2.24) is 4.31 Å².